The molecule has 0 spiro atoms. The van der Waals surface area contributed by atoms with Crippen molar-refractivity contribution in [1.82, 2.24) is 4.98 Å². The molecule has 6 nitrogen and oxygen atoms in total. The molecule has 29 heavy (non-hydrogen) atoms. The fourth-order valence-corrected chi connectivity index (χ4v) is 4.24. The van der Waals surface area contributed by atoms with Crippen LogP contribution < -0.4 is 5.32 Å². The van der Waals surface area contributed by atoms with Crippen LogP contribution in [0.3, 0.4) is 0 Å². The van der Waals surface area contributed by atoms with Gasteiger partial charge in [0.1, 0.15) is 21.3 Å². The molecule has 0 fully saturated rings. The first-order valence-corrected chi connectivity index (χ1v) is 11.3. The van der Waals surface area contributed by atoms with Crippen molar-refractivity contribution in [3.05, 3.63) is 69.0 Å². The second-order valence-electron chi connectivity index (χ2n) is 6.93. The van der Waals surface area contributed by atoms with Crippen LogP contribution in [0.25, 0.3) is 11.3 Å². The minimum atomic E-state index is -2.56. The Balaban J connectivity index is 1.72. The molecule has 0 aliphatic rings. The molecule has 1 amide bonds. The highest BCUT2D eigenvalue weighted by Crippen LogP contribution is 2.29. The minimum Gasteiger partial charge on any atom is -0.383 e. The summed E-state index contributed by atoms with van der Waals surface area (Å²) in [5.74, 6) is -0.511. The van der Waals surface area contributed by atoms with Crippen LogP contribution in [0.15, 0.2) is 47.8 Å². The van der Waals surface area contributed by atoms with E-state index < -0.39 is 22.2 Å². The molecule has 0 bridgehead atoms. The van der Waals surface area contributed by atoms with Gasteiger partial charge in [0.25, 0.3) is 5.91 Å². The first-order valence-electron chi connectivity index (χ1n) is 8.64. The number of thiol groups is 1. The van der Waals surface area contributed by atoms with Crippen LogP contribution in [-0.2, 0) is 22.1 Å². The number of thiazole rings is 1. The number of benzene rings is 2. The summed E-state index contributed by atoms with van der Waals surface area (Å²) in [5, 5.41) is 15.5. The van der Waals surface area contributed by atoms with Crippen molar-refractivity contribution >= 4 is 45.2 Å². The number of carbonyl (C=O) groups excluding carboxylic acids is 1. The van der Waals surface area contributed by atoms with Crippen LogP contribution >= 0.6 is 22.9 Å². The van der Waals surface area contributed by atoms with E-state index in [2.05, 4.69) is 10.3 Å². The van der Waals surface area contributed by atoms with Crippen molar-refractivity contribution < 1.29 is 18.3 Å². The highest BCUT2D eigenvalue weighted by Gasteiger charge is 2.20. The summed E-state index contributed by atoms with van der Waals surface area (Å²) in [6, 6.07) is 11.7. The van der Waals surface area contributed by atoms with Crippen molar-refractivity contribution in [3.8, 4) is 11.3 Å². The van der Waals surface area contributed by atoms with Gasteiger partial charge in [-0.2, -0.15) is 0 Å². The maximum atomic E-state index is 12.5. The van der Waals surface area contributed by atoms with Gasteiger partial charge in [-0.1, -0.05) is 29.8 Å². The van der Waals surface area contributed by atoms with Crippen molar-refractivity contribution in [2.75, 3.05) is 5.32 Å². The minimum absolute atomic E-state index is 0.121. The van der Waals surface area contributed by atoms with E-state index in [1.165, 1.54) is 23.5 Å². The quantitative estimate of drug-likeness (QED) is 0.492. The molecule has 1 heterocycles. The van der Waals surface area contributed by atoms with E-state index >= 15 is 0 Å². The van der Waals surface area contributed by atoms with Crippen LogP contribution in [0.4, 0.5) is 5.69 Å². The summed E-state index contributed by atoms with van der Waals surface area (Å²) in [4.78, 5) is 16.9. The molecule has 9 heteroatoms. The van der Waals surface area contributed by atoms with Crippen LogP contribution in [0.2, 0.25) is 5.02 Å². The molecular weight excluding hydrogens is 432 g/mol. The largest absolute Gasteiger partial charge is 0.383 e. The van der Waals surface area contributed by atoms with Gasteiger partial charge in [-0.15, -0.1) is 11.3 Å². The van der Waals surface area contributed by atoms with E-state index in [9.17, 15) is 18.3 Å². The van der Waals surface area contributed by atoms with E-state index in [4.69, 9.17) is 11.6 Å². The molecule has 3 rings (SSSR count). The number of hydrogen-bond donors (Lipinski definition) is 3. The Kier molecular flexibility index (Phi) is 6.38. The molecule has 0 saturated carbocycles. The number of halogens is 1. The predicted octanol–water partition coefficient (Wildman–Crippen LogP) is 4.05. The average Bonchev–Trinajstić information content (AvgIpc) is 3.12. The molecule has 1 aromatic heterocycles. The lowest BCUT2D eigenvalue weighted by atomic mass is 10.1. The number of aromatic nitrogens is 1. The van der Waals surface area contributed by atoms with Crippen molar-refractivity contribution in [2.24, 2.45) is 0 Å². The number of nitrogens with zero attached hydrogens (tertiary/aromatic N) is 1. The van der Waals surface area contributed by atoms with Crippen LogP contribution in [0.5, 0.6) is 0 Å². The Labute approximate surface area is 179 Å². The summed E-state index contributed by atoms with van der Waals surface area (Å²) >= 11 is 7.52. The third-order valence-corrected chi connectivity index (χ3v) is 6.15. The maximum absolute atomic E-state index is 12.5. The second kappa shape index (κ2) is 8.62. The van der Waals surface area contributed by atoms with Crippen LogP contribution in [0.1, 0.15) is 34.8 Å². The Morgan fingerprint density at radius 1 is 1.21 bits per heavy atom. The zero-order valence-electron chi connectivity index (χ0n) is 15.7. The van der Waals surface area contributed by atoms with E-state index in [0.29, 0.717) is 16.3 Å². The summed E-state index contributed by atoms with van der Waals surface area (Å²) in [7, 11) is -2.56. The van der Waals surface area contributed by atoms with Crippen LogP contribution in [-0.4, -0.2) is 24.4 Å². The molecule has 0 aliphatic carbocycles. The number of hydrogen-bond acceptors (Lipinski definition) is 6. The van der Waals surface area contributed by atoms with E-state index in [0.717, 1.165) is 11.3 Å². The van der Waals surface area contributed by atoms with Gasteiger partial charge in [0.2, 0.25) is 0 Å². The summed E-state index contributed by atoms with van der Waals surface area (Å²) in [6.07, 6.45) is 0. The number of amides is 1. The standard InChI is InChI=1S/C20H19ClN2O4S2/c1-20(2,25)19-23-17(10-28-19)13-4-6-14(7-5-13)22-18(24)15-8-3-12(9-16(15)21)11-29(26)27/h3-10,25,29H,11H2,1-2H3,(H,22,24). The molecule has 0 radical (unpaired) electrons. The Bertz CT molecular complexity index is 1110. The van der Waals surface area contributed by atoms with Gasteiger partial charge in [0.05, 0.1) is 22.0 Å². The monoisotopic (exact) mass is 450 g/mol. The zero-order chi connectivity index (χ0) is 21.2. The first kappa shape index (κ1) is 21.4. The highest BCUT2D eigenvalue weighted by molar-refractivity contribution is 7.71. The zero-order valence-corrected chi connectivity index (χ0v) is 18.1. The van der Waals surface area contributed by atoms with E-state index in [1.54, 1.807) is 32.0 Å². The molecule has 3 aromatic rings. The Morgan fingerprint density at radius 2 is 1.90 bits per heavy atom. The lowest BCUT2D eigenvalue weighted by molar-refractivity contribution is 0.0783. The fraction of sp³-hybridized carbons (Fsp3) is 0.200. The molecule has 0 atom stereocenters. The SMILES string of the molecule is CC(C)(O)c1nc(-c2ccc(NC(=O)c3ccc(C[SH](=O)=O)cc3Cl)cc2)cs1. The summed E-state index contributed by atoms with van der Waals surface area (Å²) in [5.41, 5.74) is 1.99. The molecule has 0 saturated heterocycles. The molecule has 2 N–H and O–H groups in total. The van der Waals surface area contributed by atoms with E-state index in [1.807, 2.05) is 17.5 Å². The average molecular weight is 451 g/mol. The molecule has 2 aromatic carbocycles. The lowest BCUT2D eigenvalue weighted by Crippen LogP contribution is -2.14. The lowest BCUT2D eigenvalue weighted by Gasteiger charge is -2.12. The normalized spacial score (nSPS) is 11.6. The van der Waals surface area contributed by atoms with E-state index in [-0.39, 0.29) is 16.3 Å². The smallest absolute Gasteiger partial charge is 0.257 e. The van der Waals surface area contributed by atoms with Crippen molar-refractivity contribution in [2.45, 2.75) is 25.2 Å². The van der Waals surface area contributed by atoms with Crippen molar-refractivity contribution in [1.29, 1.82) is 0 Å². The van der Waals surface area contributed by atoms with Gasteiger partial charge < -0.3 is 10.4 Å². The second-order valence-corrected chi connectivity index (χ2v) is 9.18. The summed E-state index contributed by atoms with van der Waals surface area (Å²) < 4.78 is 21.6. The Hall–Kier alpha value is -2.26. The molecule has 0 aliphatic heterocycles. The molecule has 0 unspecified atom stereocenters. The third-order valence-electron chi connectivity index (χ3n) is 4.06. The number of anilines is 1. The number of nitrogens with one attached hydrogen (secondary N) is 1. The number of rotatable bonds is 6. The number of aliphatic hydroxyl groups is 1. The van der Waals surface area contributed by atoms with Crippen molar-refractivity contribution in [3.63, 3.8) is 0 Å². The number of carbonyl (C=O) groups is 1. The van der Waals surface area contributed by atoms with Gasteiger partial charge in [0.15, 0.2) is 0 Å². The van der Waals surface area contributed by atoms with Gasteiger partial charge in [0, 0.05) is 16.6 Å². The van der Waals surface area contributed by atoms with Gasteiger partial charge in [-0.05, 0) is 43.7 Å². The maximum Gasteiger partial charge on any atom is 0.257 e. The molecular formula is C20H19ClN2O4S2. The fourth-order valence-electron chi connectivity index (χ4n) is 2.60. The Morgan fingerprint density at radius 3 is 2.45 bits per heavy atom. The highest BCUT2D eigenvalue weighted by atomic mass is 35.5. The van der Waals surface area contributed by atoms with Crippen LogP contribution in [0, 0.1) is 0 Å². The molecule has 152 valence electrons. The summed E-state index contributed by atoms with van der Waals surface area (Å²) in [6.45, 7) is 3.37. The van der Waals surface area contributed by atoms with Gasteiger partial charge in [-0.3, -0.25) is 4.79 Å². The topological polar surface area (TPSA) is 96.4 Å². The first-order chi connectivity index (χ1) is 13.6. The van der Waals surface area contributed by atoms with Gasteiger partial charge in [-0.25, -0.2) is 13.4 Å². The predicted molar refractivity (Wildman–Crippen MR) is 116 cm³/mol. The third kappa shape index (κ3) is 5.42. The van der Waals surface area contributed by atoms with Gasteiger partial charge >= 0.3 is 0 Å².